The second kappa shape index (κ2) is 6.13. The van der Waals surface area contributed by atoms with E-state index in [-0.39, 0.29) is 10.8 Å². The van der Waals surface area contributed by atoms with E-state index in [0.717, 1.165) is 11.6 Å². The van der Waals surface area contributed by atoms with Gasteiger partial charge in [0.1, 0.15) is 12.1 Å². The molecule has 1 aromatic carbocycles. The predicted octanol–water partition coefficient (Wildman–Crippen LogP) is 1.66. The van der Waals surface area contributed by atoms with Crippen LogP contribution in [0, 0.1) is 5.82 Å². The van der Waals surface area contributed by atoms with Crippen LogP contribution in [-0.2, 0) is 16.6 Å². The molecule has 23 heavy (non-hydrogen) atoms. The van der Waals surface area contributed by atoms with E-state index in [1.54, 1.807) is 18.5 Å². The molecule has 0 aliphatic carbocycles. The van der Waals surface area contributed by atoms with Crippen LogP contribution in [0.15, 0.2) is 60.0 Å². The van der Waals surface area contributed by atoms with E-state index >= 15 is 0 Å². The fraction of sp³-hybridized carbons (Fsp3) is 0.0714. The summed E-state index contributed by atoms with van der Waals surface area (Å²) < 4.78 is 41.1. The predicted molar refractivity (Wildman–Crippen MR) is 80.6 cm³/mol. The highest BCUT2D eigenvalue weighted by Crippen LogP contribution is 2.14. The van der Waals surface area contributed by atoms with Crippen molar-refractivity contribution in [2.24, 2.45) is 0 Å². The van der Waals surface area contributed by atoms with Gasteiger partial charge in [0, 0.05) is 12.4 Å². The quantitative estimate of drug-likeness (QED) is 0.767. The summed E-state index contributed by atoms with van der Waals surface area (Å²) in [6.07, 6.45) is 4.73. The van der Waals surface area contributed by atoms with Crippen molar-refractivity contribution >= 4 is 16.0 Å². The second-order valence-corrected chi connectivity index (χ2v) is 6.37. The fourth-order valence-corrected chi connectivity index (χ4v) is 2.89. The van der Waals surface area contributed by atoms with Crippen LogP contribution in [0.5, 0.6) is 0 Å². The van der Waals surface area contributed by atoms with Gasteiger partial charge >= 0.3 is 0 Å². The number of pyridine rings is 1. The average Bonchev–Trinajstić information content (AvgIpc) is 2.94. The highest BCUT2D eigenvalue weighted by atomic mass is 32.2. The Morgan fingerprint density at radius 3 is 2.83 bits per heavy atom. The van der Waals surface area contributed by atoms with E-state index in [1.165, 1.54) is 29.2 Å². The van der Waals surface area contributed by atoms with Crippen LogP contribution < -0.4 is 4.72 Å². The third-order valence-electron chi connectivity index (χ3n) is 2.94. The zero-order valence-electron chi connectivity index (χ0n) is 11.8. The lowest BCUT2D eigenvalue weighted by Gasteiger charge is -2.04. The van der Waals surface area contributed by atoms with Gasteiger partial charge in [0.15, 0.2) is 0 Å². The van der Waals surface area contributed by atoms with Gasteiger partial charge in [-0.25, -0.2) is 22.2 Å². The summed E-state index contributed by atoms with van der Waals surface area (Å²) >= 11 is 0. The van der Waals surface area contributed by atoms with Crippen molar-refractivity contribution in [3.8, 4) is 0 Å². The van der Waals surface area contributed by atoms with Crippen LogP contribution in [0.1, 0.15) is 5.56 Å². The summed E-state index contributed by atoms with van der Waals surface area (Å²) in [6.45, 7) is 0.405. The standard InChI is InChI=1S/C14H12FN5O2S/c15-12-4-1-5-13(7-12)23(21,22)19-14-17-10-20(18-14)9-11-3-2-6-16-8-11/h1-8,10H,9H2,(H,18,19). The Bertz CT molecular complexity index is 912. The lowest BCUT2D eigenvalue weighted by Crippen LogP contribution is -2.14. The SMILES string of the molecule is O=S(=O)(Nc1ncn(Cc2cccnc2)n1)c1cccc(F)c1. The number of benzene rings is 1. The van der Waals surface area contributed by atoms with Gasteiger partial charge in [-0.3, -0.25) is 4.98 Å². The van der Waals surface area contributed by atoms with E-state index < -0.39 is 15.8 Å². The maximum absolute atomic E-state index is 13.1. The third-order valence-corrected chi connectivity index (χ3v) is 4.26. The van der Waals surface area contributed by atoms with Crippen LogP contribution in [0.25, 0.3) is 0 Å². The molecule has 3 aromatic rings. The van der Waals surface area contributed by atoms with E-state index in [9.17, 15) is 12.8 Å². The minimum atomic E-state index is -3.94. The molecular weight excluding hydrogens is 321 g/mol. The molecule has 0 saturated carbocycles. The number of aromatic nitrogens is 4. The van der Waals surface area contributed by atoms with Gasteiger partial charge in [0.05, 0.1) is 11.4 Å². The Balaban J connectivity index is 1.76. The number of anilines is 1. The normalized spacial score (nSPS) is 11.3. The Morgan fingerprint density at radius 1 is 1.22 bits per heavy atom. The third kappa shape index (κ3) is 3.69. The highest BCUT2D eigenvalue weighted by molar-refractivity contribution is 7.92. The molecule has 0 atom stereocenters. The van der Waals surface area contributed by atoms with Gasteiger partial charge in [0.25, 0.3) is 16.0 Å². The second-order valence-electron chi connectivity index (χ2n) is 4.69. The van der Waals surface area contributed by atoms with Crippen LogP contribution in [0.2, 0.25) is 0 Å². The molecule has 2 heterocycles. The van der Waals surface area contributed by atoms with Crippen LogP contribution >= 0.6 is 0 Å². The number of hydrogen-bond donors (Lipinski definition) is 1. The first-order valence-corrected chi connectivity index (χ1v) is 8.08. The summed E-state index contributed by atoms with van der Waals surface area (Å²) in [6, 6.07) is 8.36. The molecule has 0 unspecified atom stereocenters. The van der Waals surface area contributed by atoms with Gasteiger partial charge in [-0.1, -0.05) is 12.1 Å². The van der Waals surface area contributed by atoms with E-state index in [2.05, 4.69) is 19.8 Å². The van der Waals surface area contributed by atoms with Crippen LogP contribution in [0.4, 0.5) is 10.3 Å². The van der Waals surface area contributed by atoms with Gasteiger partial charge in [-0.05, 0) is 29.8 Å². The molecule has 9 heteroatoms. The zero-order chi connectivity index (χ0) is 16.3. The van der Waals surface area contributed by atoms with Crippen LogP contribution in [0.3, 0.4) is 0 Å². The molecule has 0 radical (unpaired) electrons. The van der Waals surface area contributed by atoms with E-state index in [0.29, 0.717) is 6.54 Å². The topological polar surface area (TPSA) is 89.8 Å². The number of nitrogens with zero attached hydrogens (tertiary/aromatic N) is 4. The Hall–Kier alpha value is -2.81. The smallest absolute Gasteiger partial charge is 0.264 e. The molecule has 2 aromatic heterocycles. The largest absolute Gasteiger partial charge is 0.264 e. The van der Waals surface area contributed by atoms with Crippen molar-refractivity contribution in [2.45, 2.75) is 11.4 Å². The molecule has 7 nitrogen and oxygen atoms in total. The first-order valence-electron chi connectivity index (χ1n) is 6.60. The van der Waals surface area contributed by atoms with Crippen molar-refractivity contribution in [2.75, 3.05) is 4.72 Å². The van der Waals surface area contributed by atoms with Crippen LogP contribution in [-0.4, -0.2) is 28.2 Å². The number of halogens is 1. The van der Waals surface area contributed by atoms with E-state index in [4.69, 9.17) is 0 Å². The summed E-state index contributed by atoms with van der Waals surface area (Å²) in [5.41, 5.74) is 0.900. The molecule has 0 aliphatic rings. The van der Waals surface area contributed by atoms with Gasteiger partial charge in [-0.2, -0.15) is 4.98 Å². The minimum Gasteiger partial charge on any atom is -0.264 e. The molecular formula is C14H12FN5O2S. The van der Waals surface area contributed by atoms with Crippen molar-refractivity contribution in [1.29, 1.82) is 0 Å². The number of sulfonamides is 1. The summed E-state index contributed by atoms with van der Waals surface area (Å²) in [5, 5.41) is 4.03. The summed E-state index contributed by atoms with van der Waals surface area (Å²) in [5.74, 6) is -0.721. The molecule has 0 aliphatic heterocycles. The highest BCUT2D eigenvalue weighted by Gasteiger charge is 2.17. The minimum absolute atomic E-state index is 0.0850. The lowest BCUT2D eigenvalue weighted by atomic mass is 10.3. The van der Waals surface area contributed by atoms with Gasteiger partial charge in [-0.15, -0.1) is 5.10 Å². The molecule has 1 N–H and O–H groups in total. The Labute approximate surface area is 131 Å². The molecule has 0 saturated heterocycles. The van der Waals surface area contributed by atoms with Crippen molar-refractivity contribution < 1.29 is 12.8 Å². The first kappa shape index (κ1) is 15.1. The first-order chi connectivity index (χ1) is 11.0. The lowest BCUT2D eigenvalue weighted by molar-refractivity contribution is 0.594. The Kier molecular flexibility index (Phi) is 4.02. The fourth-order valence-electron chi connectivity index (χ4n) is 1.91. The molecule has 3 rings (SSSR count). The molecule has 0 amide bonds. The van der Waals surface area contributed by atoms with Gasteiger partial charge in [0.2, 0.25) is 0 Å². The molecule has 0 bridgehead atoms. The maximum Gasteiger partial charge on any atom is 0.264 e. The summed E-state index contributed by atoms with van der Waals surface area (Å²) in [7, 11) is -3.94. The Morgan fingerprint density at radius 2 is 2.09 bits per heavy atom. The number of rotatable bonds is 5. The average molecular weight is 333 g/mol. The monoisotopic (exact) mass is 333 g/mol. The molecule has 118 valence electrons. The van der Waals surface area contributed by atoms with Crippen molar-refractivity contribution in [3.63, 3.8) is 0 Å². The zero-order valence-corrected chi connectivity index (χ0v) is 12.6. The number of hydrogen-bond acceptors (Lipinski definition) is 5. The van der Waals surface area contributed by atoms with Crippen molar-refractivity contribution in [3.05, 3.63) is 66.5 Å². The van der Waals surface area contributed by atoms with E-state index in [1.807, 2.05) is 6.07 Å². The van der Waals surface area contributed by atoms with Gasteiger partial charge < -0.3 is 0 Å². The number of nitrogens with one attached hydrogen (secondary N) is 1. The van der Waals surface area contributed by atoms with Crippen molar-refractivity contribution in [1.82, 2.24) is 19.7 Å². The maximum atomic E-state index is 13.1. The molecule has 0 fully saturated rings. The summed E-state index contributed by atoms with van der Waals surface area (Å²) in [4.78, 5) is 7.69. The molecule has 0 spiro atoms.